The Bertz CT molecular complexity index is 1460. The number of ether oxygens (including phenoxy) is 1. The molecule has 182 valence electrons. The Morgan fingerprint density at radius 2 is 2.00 bits per heavy atom. The van der Waals surface area contributed by atoms with Gasteiger partial charge < -0.3 is 20.7 Å². The first kappa shape index (κ1) is 22.5. The van der Waals surface area contributed by atoms with Crippen LogP contribution in [0.3, 0.4) is 0 Å². The van der Waals surface area contributed by atoms with E-state index in [0.717, 1.165) is 48.3 Å². The van der Waals surface area contributed by atoms with Crippen molar-refractivity contribution >= 4 is 50.6 Å². The maximum atomic E-state index is 13.4. The van der Waals surface area contributed by atoms with Gasteiger partial charge in [0, 0.05) is 18.8 Å². The van der Waals surface area contributed by atoms with E-state index < -0.39 is 0 Å². The second-order valence-electron chi connectivity index (χ2n) is 8.96. The van der Waals surface area contributed by atoms with Gasteiger partial charge in [0.1, 0.15) is 21.2 Å². The van der Waals surface area contributed by atoms with Crippen LogP contribution in [0.15, 0.2) is 60.8 Å². The number of carbonyl (C=O) groups excluding carboxylic acids is 2. The van der Waals surface area contributed by atoms with Crippen molar-refractivity contribution in [2.24, 2.45) is 0 Å². The average Bonchev–Trinajstić information content (AvgIpc) is 3.26. The molecule has 0 radical (unpaired) electrons. The minimum atomic E-state index is -0.318. The molecule has 2 aromatic carbocycles. The average molecular weight is 500 g/mol. The molecule has 0 bridgehead atoms. The Labute approximate surface area is 212 Å². The SMILES string of the molecule is Cc1cc(Oc2ccccc2)ccc1N1C(=O)Nc2c(C(=O)N[C@H]3CCCNC3)sc3nccc1c23. The van der Waals surface area contributed by atoms with Gasteiger partial charge in [0.2, 0.25) is 0 Å². The van der Waals surface area contributed by atoms with Crippen LogP contribution in [0.25, 0.3) is 10.2 Å². The fourth-order valence-corrected chi connectivity index (χ4v) is 5.80. The van der Waals surface area contributed by atoms with E-state index in [2.05, 4.69) is 20.9 Å². The minimum absolute atomic E-state index is 0.0751. The second-order valence-corrected chi connectivity index (χ2v) is 9.96. The molecule has 0 aliphatic carbocycles. The third-order valence-corrected chi connectivity index (χ3v) is 7.57. The molecule has 0 unspecified atom stereocenters. The van der Waals surface area contributed by atoms with Gasteiger partial charge in [-0.1, -0.05) is 18.2 Å². The Hall–Kier alpha value is -3.95. The fraction of sp³-hybridized carbons (Fsp3) is 0.222. The Morgan fingerprint density at radius 1 is 1.14 bits per heavy atom. The van der Waals surface area contributed by atoms with Crippen LogP contribution >= 0.6 is 11.3 Å². The smallest absolute Gasteiger partial charge is 0.331 e. The van der Waals surface area contributed by atoms with Crippen LogP contribution in [0.4, 0.5) is 21.9 Å². The van der Waals surface area contributed by atoms with E-state index >= 15 is 0 Å². The molecule has 4 aromatic rings. The third kappa shape index (κ3) is 4.06. The first-order valence-corrected chi connectivity index (χ1v) is 12.8. The molecule has 9 heteroatoms. The summed E-state index contributed by atoms with van der Waals surface area (Å²) in [7, 11) is 0. The molecule has 2 aromatic heterocycles. The van der Waals surface area contributed by atoms with Crippen molar-refractivity contribution in [3.63, 3.8) is 0 Å². The number of piperidine rings is 1. The highest BCUT2D eigenvalue weighted by Crippen LogP contribution is 2.46. The van der Waals surface area contributed by atoms with Crippen LogP contribution < -0.4 is 25.6 Å². The number of pyridine rings is 1. The topological polar surface area (TPSA) is 95.6 Å². The number of nitrogens with one attached hydrogen (secondary N) is 3. The molecule has 1 fully saturated rings. The van der Waals surface area contributed by atoms with Gasteiger partial charge in [-0.2, -0.15) is 0 Å². The summed E-state index contributed by atoms with van der Waals surface area (Å²) in [6.07, 6.45) is 3.64. The number of hydrogen-bond acceptors (Lipinski definition) is 6. The zero-order valence-corrected chi connectivity index (χ0v) is 20.5. The number of carbonyl (C=O) groups is 2. The predicted molar refractivity (Wildman–Crippen MR) is 142 cm³/mol. The Kier molecular flexibility index (Phi) is 5.79. The van der Waals surface area contributed by atoms with Gasteiger partial charge >= 0.3 is 6.03 Å². The molecule has 3 N–H and O–H groups in total. The quantitative estimate of drug-likeness (QED) is 0.334. The van der Waals surface area contributed by atoms with Crippen molar-refractivity contribution in [1.29, 1.82) is 0 Å². The largest absolute Gasteiger partial charge is 0.457 e. The lowest BCUT2D eigenvalue weighted by atomic mass is 10.1. The van der Waals surface area contributed by atoms with E-state index in [-0.39, 0.29) is 18.0 Å². The van der Waals surface area contributed by atoms with E-state index in [1.807, 2.05) is 61.5 Å². The maximum Gasteiger partial charge on any atom is 0.331 e. The highest BCUT2D eigenvalue weighted by Gasteiger charge is 2.33. The number of thiophene rings is 1. The van der Waals surface area contributed by atoms with E-state index in [4.69, 9.17) is 4.74 Å². The van der Waals surface area contributed by atoms with Gasteiger partial charge in [-0.3, -0.25) is 9.69 Å². The number of aromatic nitrogens is 1. The summed E-state index contributed by atoms with van der Waals surface area (Å²) in [6.45, 7) is 3.66. The van der Waals surface area contributed by atoms with Gasteiger partial charge in [0.05, 0.1) is 22.4 Å². The van der Waals surface area contributed by atoms with Crippen molar-refractivity contribution < 1.29 is 14.3 Å². The second kappa shape index (κ2) is 9.25. The number of para-hydroxylation sites is 1. The number of anilines is 3. The maximum absolute atomic E-state index is 13.4. The normalized spacial score (nSPS) is 17.1. The highest BCUT2D eigenvalue weighted by atomic mass is 32.1. The van der Waals surface area contributed by atoms with Crippen molar-refractivity contribution in [2.75, 3.05) is 23.3 Å². The summed E-state index contributed by atoms with van der Waals surface area (Å²) < 4.78 is 5.96. The zero-order chi connectivity index (χ0) is 24.6. The lowest BCUT2D eigenvalue weighted by Crippen LogP contribution is -2.45. The molecule has 3 amide bonds. The molecular weight excluding hydrogens is 474 g/mol. The van der Waals surface area contributed by atoms with Crippen molar-refractivity contribution in [2.45, 2.75) is 25.8 Å². The van der Waals surface area contributed by atoms with Gasteiger partial charge in [-0.05, 0) is 68.3 Å². The van der Waals surface area contributed by atoms with Gasteiger partial charge in [-0.25, -0.2) is 9.78 Å². The van der Waals surface area contributed by atoms with E-state index in [1.165, 1.54) is 11.3 Å². The van der Waals surface area contributed by atoms with Gasteiger partial charge in [0.15, 0.2) is 0 Å². The summed E-state index contributed by atoms with van der Waals surface area (Å²) in [5.41, 5.74) is 2.84. The first-order chi connectivity index (χ1) is 17.6. The highest BCUT2D eigenvalue weighted by molar-refractivity contribution is 7.21. The van der Waals surface area contributed by atoms with Crippen LogP contribution in [0.5, 0.6) is 11.5 Å². The molecule has 0 saturated carbocycles. The lowest BCUT2D eigenvalue weighted by molar-refractivity contribution is 0.0935. The van der Waals surface area contributed by atoms with Gasteiger partial charge in [-0.15, -0.1) is 11.3 Å². The van der Waals surface area contributed by atoms with Crippen LogP contribution in [0, 0.1) is 6.92 Å². The summed E-state index contributed by atoms with van der Waals surface area (Å²) in [5.74, 6) is 1.25. The van der Waals surface area contributed by atoms with E-state index in [9.17, 15) is 9.59 Å². The van der Waals surface area contributed by atoms with Crippen LogP contribution in [-0.4, -0.2) is 36.1 Å². The van der Waals surface area contributed by atoms with Crippen molar-refractivity contribution in [3.05, 3.63) is 71.2 Å². The van der Waals surface area contributed by atoms with E-state index in [1.54, 1.807) is 11.1 Å². The number of benzene rings is 2. The first-order valence-electron chi connectivity index (χ1n) is 12.0. The zero-order valence-electron chi connectivity index (χ0n) is 19.7. The minimum Gasteiger partial charge on any atom is -0.457 e. The molecule has 1 saturated heterocycles. The summed E-state index contributed by atoms with van der Waals surface area (Å²) in [6, 6.07) is 16.8. The number of aryl methyl sites for hydroxylation is 1. The molecule has 0 spiro atoms. The molecule has 1 atom stereocenters. The third-order valence-electron chi connectivity index (χ3n) is 6.47. The molecule has 2 aliphatic rings. The molecule has 2 aliphatic heterocycles. The number of amides is 3. The lowest BCUT2D eigenvalue weighted by Gasteiger charge is -2.30. The Morgan fingerprint density at radius 3 is 2.78 bits per heavy atom. The fourth-order valence-electron chi connectivity index (χ4n) is 4.78. The summed E-state index contributed by atoms with van der Waals surface area (Å²) >= 11 is 1.30. The number of hydrogen-bond donors (Lipinski definition) is 3. The number of rotatable bonds is 5. The number of urea groups is 1. The molecule has 6 rings (SSSR count). The Balaban J connectivity index is 1.34. The molecular formula is C27H25N5O3S. The summed E-state index contributed by atoms with van der Waals surface area (Å²) in [4.78, 5) is 33.9. The van der Waals surface area contributed by atoms with Crippen molar-refractivity contribution in [3.8, 4) is 11.5 Å². The van der Waals surface area contributed by atoms with Crippen LogP contribution in [-0.2, 0) is 0 Å². The van der Waals surface area contributed by atoms with E-state index in [0.29, 0.717) is 26.8 Å². The summed E-state index contributed by atoms with van der Waals surface area (Å²) in [5, 5.41) is 10.2. The standard InChI is InChI=1S/C27H25N5O3S/c1-16-14-19(35-18-7-3-2-4-8-18)9-10-20(16)32-21-11-13-29-26-22(21)23(31-27(32)34)24(36-26)25(33)30-17-6-5-12-28-15-17/h2-4,7-11,13-14,17,28H,5-6,12,15H2,1H3,(H,30,33)(H,31,34)/t17-/m0/s1. The van der Waals surface area contributed by atoms with Gasteiger partial charge in [0.25, 0.3) is 5.91 Å². The van der Waals surface area contributed by atoms with Crippen LogP contribution in [0.2, 0.25) is 0 Å². The molecule has 8 nitrogen and oxygen atoms in total. The predicted octanol–water partition coefficient (Wildman–Crippen LogP) is 5.56. The monoisotopic (exact) mass is 499 g/mol. The van der Waals surface area contributed by atoms with Crippen molar-refractivity contribution in [1.82, 2.24) is 15.6 Å². The molecule has 36 heavy (non-hydrogen) atoms. The van der Waals surface area contributed by atoms with Crippen LogP contribution in [0.1, 0.15) is 28.1 Å². The molecule has 4 heterocycles. The number of nitrogens with zero attached hydrogens (tertiary/aromatic N) is 2.